The van der Waals surface area contributed by atoms with E-state index in [0.29, 0.717) is 17.0 Å². The maximum Gasteiger partial charge on any atom is 0.132 e. The van der Waals surface area contributed by atoms with E-state index in [9.17, 15) is 4.39 Å². The Bertz CT molecular complexity index is 808. The number of halogens is 1. The lowest BCUT2D eigenvalue weighted by Gasteiger charge is -2.13. The molecule has 2 aromatic carbocycles. The zero-order valence-electron chi connectivity index (χ0n) is 13.1. The Labute approximate surface area is 134 Å². The Kier molecular flexibility index (Phi) is 4.08. The molecule has 0 spiro atoms. The lowest BCUT2D eigenvalue weighted by Crippen LogP contribution is -2.09. The van der Waals surface area contributed by atoms with Gasteiger partial charge in [-0.2, -0.15) is 0 Å². The summed E-state index contributed by atoms with van der Waals surface area (Å²) in [5.74, 6) is -0.323. The minimum atomic E-state index is -0.323. The van der Waals surface area contributed by atoms with Gasteiger partial charge in [-0.25, -0.2) is 9.07 Å². The predicted molar refractivity (Wildman–Crippen MR) is 89.0 cm³/mol. The van der Waals surface area contributed by atoms with E-state index in [-0.39, 0.29) is 12.4 Å². The van der Waals surface area contributed by atoms with Gasteiger partial charge >= 0.3 is 0 Å². The Morgan fingerprint density at radius 3 is 2.39 bits per heavy atom. The Balaban J connectivity index is 2.14. The van der Waals surface area contributed by atoms with Gasteiger partial charge in [0.2, 0.25) is 0 Å². The number of nitrogens with zero attached hydrogens (tertiary/aromatic N) is 4. The molecular formula is C17H18FN5. The number of hydrogen-bond acceptors (Lipinski definition) is 4. The highest BCUT2D eigenvalue weighted by Gasteiger charge is 2.18. The van der Waals surface area contributed by atoms with Crippen LogP contribution in [0.3, 0.4) is 0 Å². The minimum absolute atomic E-state index is 0.194. The Morgan fingerprint density at radius 2 is 1.78 bits per heavy atom. The van der Waals surface area contributed by atoms with E-state index < -0.39 is 0 Å². The topological polar surface area (TPSA) is 60.0 Å². The van der Waals surface area contributed by atoms with E-state index in [4.69, 9.17) is 5.73 Å². The lowest BCUT2D eigenvalue weighted by molar-refractivity contribution is 0.629. The van der Waals surface area contributed by atoms with E-state index >= 15 is 0 Å². The Morgan fingerprint density at radius 1 is 1.09 bits per heavy atom. The first-order valence-electron chi connectivity index (χ1n) is 7.29. The highest BCUT2D eigenvalue weighted by Crippen LogP contribution is 2.28. The fourth-order valence-corrected chi connectivity index (χ4v) is 2.45. The third-order valence-corrected chi connectivity index (χ3v) is 3.67. The summed E-state index contributed by atoms with van der Waals surface area (Å²) in [5.41, 5.74) is 9.21. The van der Waals surface area contributed by atoms with Crippen LogP contribution < -0.4 is 10.6 Å². The predicted octanol–water partition coefficient (Wildman–Crippen LogP) is 2.60. The van der Waals surface area contributed by atoms with E-state index in [1.54, 1.807) is 22.9 Å². The SMILES string of the molecule is CN(C)c1ccc(-n2nnc(CN)c2-c2ccccc2F)cc1. The number of hydrogen-bond donors (Lipinski definition) is 1. The number of benzene rings is 2. The van der Waals surface area contributed by atoms with Crippen LogP contribution in [-0.4, -0.2) is 29.1 Å². The van der Waals surface area contributed by atoms with Crippen molar-refractivity contribution in [2.45, 2.75) is 6.54 Å². The third-order valence-electron chi connectivity index (χ3n) is 3.67. The van der Waals surface area contributed by atoms with Crippen LogP contribution in [0.25, 0.3) is 16.9 Å². The van der Waals surface area contributed by atoms with Crippen molar-refractivity contribution in [2.24, 2.45) is 5.73 Å². The summed E-state index contributed by atoms with van der Waals surface area (Å²) in [4.78, 5) is 2.01. The molecule has 0 atom stereocenters. The quantitative estimate of drug-likeness (QED) is 0.804. The summed E-state index contributed by atoms with van der Waals surface area (Å²) < 4.78 is 15.8. The number of anilines is 1. The van der Waals surface area contributed by atoms with Gasteiger partial charge in [0, 0.05) is 31.9 Å². The molecule has 5 nitrogen and oxygen atoms in total. The van der Waals surface area contributed by atoms with Crippen molar-refractivity contribution >= 4 is 5.69 Å². The molecule has 0 radical (unpaired) electrons. The van der Waals surface area contributed by atoms with Crippen LogP contribution in [0.5, 0.6) is 0 Å². The average Bonchev–Trinajstić information content (AvgIpc) is 2.99. The fourth-order valence-electron chi connectivity index (χ4n) is 2.45. The first-order chi connectivity index (χ1) is 11.1. The van der Waals surface area contributed by atoms with Crippen molar-refractivity contribution in [1.82, 2.24) is 15.0 Å². The maximum absolute atomic E-state index is 14.2. The van der Waals surface area contributed by atoms with Crippen LogP contribution in [0, 0.1) is 5.82 Å². The molecule has 2 N–H and O–H groups in total. The molecule has 0 saturated carbocycles. The molecule has 118 valence electrons. The standard InChI is InChI=1S/C17H18FN5/c1-22(2)12-7-9-13(10-8-12)23-17(16(11-19)20-21-23)14-5-3-4-6-15(14)18/h3-10H,11,19H2,1-2H3. The molecule has 1 heterocycles. The number of aromatic nitrogens is 3. The van der Waals surface area contributed by atoms with Crippen molar-refractivity contribution in [3.8, 4) is 16.9 Å². The van der Waals surface area contributed by atoms with Crippen molar-refractivity contribution in [2.75, 3.05) is 19.0 Å². The van der Waals surface area contributed by atoms with E-state index in [2.05, 4.69) is 10.3 Å². The third kappa shape index (κ3) is 2.80. The van der Waals surface area contributed by atoms with Gasteiger partial charge in [-0.3, -0.25) is 0 Å². The molecule has 6 heteroatoms. The van der Waals surface area contributed by atoms with Crippen LogP contribution in [0.4, 0.5) is 10.1 Å². The van der Waals surface area contributed by atoms with Crippen molar-refractivity contribution in [1.29, 1.82) is 0 Å². The summed E-state index contributed by atoms with van der Waals surface area (Å²) in [7, 11) is 3.95. The molecule has 3 rings (SSSR count). The fraction of sp³-hybridized carbons (Fsp3) is 0.176. The second-order valence-corrected chi connectivity index (χ2v) is 5.39. The van der Waals surface area contributed by atoms with Gasteiger partial charge in [0.25, 0.3) is 0 Å². The van der Waals surface area contributed by atoms with E-state index in [1.165, 1.54) is 6.07 Å². The van der Waals surface area contributed by atoms with Gasteiger partial charge in [-0.05, 0) is 36.4 Å². The highest BCUT2D eigenvalue weighted by molar-refractivity contribution is 5.65. The molecule has 0 aliphatic heterocycles. The maximum atomic E-state index is 14.2. The number of rotatable bonds is 4. The van der Waals surface area contributed by atoms with E-state index in [1.807, 2.05) is 43.3 Å². The summed E-state index contributed by atoms with van der Waals surface area (Å²) >= 11 is 0. The average molecular weight is 311 g/mol. The van der Waals surface area contributed by atoms with Crippen molar-refractivity contribution in [3.63, 3.8) is 0 Å². The van der Waals surface area contributed by atoms with Gasteiger partial charge in [0.05, 0.1) is 5.69 Å². The van der Waals surface area contributed by atoms with Gasteiger partial charge in [-0.1, -0.05) is 17.3 Å². The van der Waals surface area contributed by atoms with Crippen LogP contribution >= 0.6 is 0 Å². The van der Waals surface area contributed by atoms with Crippen molar-refractivity contribution < 1.29 is 4.39 Å². The van der Waals surface area contributed by atoms with Crippen LogP contribution in [-0.2, 0) is 6.54 Å². The summed E-state index contributed by atoms with van der Waals surface area (Å²) in [6, 6.07) is 14.4. The minimum Gasteiger partial charge on any atom is -0.378 e. The Hall–Kier alpha value is -2.73. The van der Waals surface area contributed by atoms with Crippen LogP contribution in [0.15, 0.2) is 48.5 Å². The largest absolute Gasteiger partial charge is 0.378 e. The molecule has 0 unspecified atom stereocenters. The second kappa shape index (κ2) is 6.18. The van der Waals surface area contributed by atoms with Gasteiger partial charge in [0.15, 0.2) is 0 Å². The summed E-state index contributed by atoms with van der Waals surface area (Å²) in [6.45, 7) is 0.194. The molecule has 0 aliphatic carbocycles. The molecule has 0 saturated heterocycles. The first-order valence-corrected chi connectivity index (χ1v) is 7.29. The molecular weight excluding hydrogens is 293 g/mol. The zero-order chi connectivity index (χ0) is 16.4. The smallest absolute Gasteiger partial charge is 0.132 e. The molecule has 0 aliphatic rings. The number of nitrogens with two attached hydrogens (primary N) is 1. The van der Waals surface area contributed by atoms with Gasteiger partial charge in [-0.15, -0.1) is 5.10 Å². The molecule has 1 aromatic heterocycles. The molecule has 0 fully saturated rings. The van der Waals surface area contributed by atoms with Gasteiger partial charge < -0.3 is 10.6 Å². The summed E-state index contributed by atoms with van der Waals surface area (Å²) in [5, 5.41) is 8.25. The molecule has 3 aromatic rings. The zero-order valence-corrected chi connectivity index (χ0v) is 13.1. The van der Waals surface area contributed by atoms with Crippen LogP contribution in [0.1, 0.15) is 5.69 Å². The highest BCUT2D eigenvalue weighted by atomic mass is 19.1. The monoisotopic (exact) mass is 311 g/mol. The van der Waals surface area contributed by atoms with E-state index in [0.717, 1.165) is 11.4 Å². The lowest BCUT2D eigenvalue weighted by atomic mass is 10.1. The van der Waals surface area contributed by atoms with Crippen LogP contribution in [0.2, 0.25) is 0 Å². The first kappa shape index (κ1) is 15.2. The molecule has 0 bridgehead atoms. The van der Waals surface area contributed by atoms with Crippen molar-refractivity contribution in [3.05, 3.63) is 60.0 Å². The normalized spacial score (nSPS) is 10.8. The molecule has 0 amide bonds. The summed E-state index contributed by atoms with van der Waals surface area (Å²) in [6.07, 6.45) is 0. The van der Waals surface area contributed by atoms with Gasteiger partial charge in [0.1, 0.15) is 17.2 Å². The molecule has 23 heavy (non-hydrogen) atoms. The second-order valence-electron chi connectivity index (χ2n) is 5.39.